The lowest BCUT2D eigenvalue weighted by Gasteiger charge is -2.09. The molecule has 0 atom stereocenters. The Morgan fingerprint density at radius 3 is 2.90 bits per heavy atom. The topological polar surface area (TPSA) is 60.7 Å². The summed E-state index contributed by atoms with van der Waals surface area (Å²) in [5.74, 6) is 0.363. The Kier molecular flexibility index (Phi) is 3.48. The molecule has 3 aromatic heterocycles. The fraction of sp³-hybridized carbons (Fsp3) is 0.250. The third-order valence-electron chi connectivity index (χ3n) is 3.38. The first kappa shape index (κ1) is 13.4. The largest absolute Gasteiger partial charge is 0.293 e. The Balaban J connectivity index is 2.00. The summed E-state index contributed by atoms with van der Waals surface area (Å²) in [4.78, 5) is 25.3. The normalized spacial score (nSPS) is 11.2. The second-order valence-corrected chi connectivity index (χ2v) is 5.28. The van der Waals surface area contributed by atoms with Gasteiger partial charge in [0.1, 0.15) is 0 Å². The van der Waals surface area contributed by atoms with Crippen molar-refractivity contribution in [3.8, 4) is 0 Å². The fourth-order valence-corrected chi connectivity index (χ4v) is 2.20. The van der Waals surface area contributed by atoms with Gasteiger partial charge in [-0.1, -0.05) is 19.9 Å². The molecule has 0 unspecified atom stereocenters. The number of rotatable bonds is 3. The van der Waals surface area contributed by atoms with Crippen LogP contribution < -0.4 is 5.56 Å². The zero-order chi connectivity index (χ0) is 14.8. The predicted molar refractivity (Wildman–Crippen MR) is 81.2 cm³/mol. The SMILES string of the molecule is CC(C)c1cccc(Cn2cnc3cnccc3c2=O)n1. The van der Waals surface area contributed by atoms with Gasteiger partial charge in [-0.15, -0.1) is 0 Å². The summed E-state index contributed by atoms with van der Waals surface area (Å²) in [7, 11) is 0. The van der Waals surface area contributed by atoms with Crippen LogP contribution in [-0.4, -0.2) is 19.5 Å². The zero-order valence-electron chi connectivity index (χ0n) is 12.0. The van der Waals surface area contributed by atoms with Crippen LogP contribution in [0.5, 0.6) is 0 Å². The van der Waals surface area contributed by atoms with Gasteiger partial charge < -0.3 is 0 Å². The highest BCUT2D eigenvalue weighted by Gasteiger charge is 2.06. The molecule has 0 aliphatic carbocycles. The minimum absolute atomic E-state index is 0.0702. The predicted octanol–water partition coefficient (Wildman–Crippen LogP) is 2.36. The van der Waals surface area contributed by atoms with Crippen LogP contribution in [-0.2, 0) is 6.54 Å². The van der Waals surface area contributed by atoms with Crippen molar-refractivity contribution in [2.75, 3.05) is 0 Å². The van der Waals surface area contributed by atoms with Crippen LogP contribution >= 0.6 is 0 Å². The summed E-state index contributed by atoms with van der Waals surface area (Å²) in [6.07, 6.45) is 4.75. The minimum atomic E-state index is -0.0702. The standard InChI is InChI=1S/C16H16N4O/c1-11(2)14-5-3-4-12(19-14)9-20-10-18-15-8-17-7-6-13(15)16(20)21/h3-8,10-11H,9H2,1-2H3. The van der Waals surface area contributed by atoms with E-state index in [4.69, 9.17) is 0 Å². The molecule has 0 N–H and O–H groups in total. The number of fused-ring (bicyclic) bond motifs is 1. The number of aromatic nitrogens is 4. The molecular weight excluding hydrogens is 264 g/mol. The van der Waals surface area contributed by atoms with Gasteiger partial charge in [0.15, 0.2) is 0 Å². The van der Waals surface area contributed by atoms with Gasteiger partial charge in [-0.2, -0.15) is 0 Å². The molecule has 0 spiro atoms. The Labute approximate surface area is 122 Å². The van der Waals surface area contributed by atoms with E-state index in [-0.39, 0.29) is 5.56 Å². The van der Waals surface area contributed by atoms with E-state index in [0.717, 1.165) is 11.4 Å². The highest BCUT2D eigenvalue weighted by molar-refractivity contribution is 5.75. The maximum Gasteiger partial charge on any atom is 0.261 e. The first-order chi connectivity index (χ1) is 10.1. The molecule has 5 nitrogen and oxygen atoms in total. The summed E-state index contributed by atoms with van der Waals surface area (Å²) < 4.78 is 1.58. The monoisotopic (exact) mass is 280 g/mol. The maximum atomic E-state index is 12.4. The Hall–Kier alpha value is -2.56. The molecule has 0 aromatic carbocycles. The van der Waals surface area contributed by atoms with Crippen LogP contribution in [0.3, 0.4) is 0 Å². The molecule has 0 saturated carbocycles. The molecule has 0 bridgehead atoms. The van der Waals surface area contributed by atoms with E-state index in [0.29, 0.717) is 23.4 Å². The van der Waals surface area contributed by atoms with E-state index in [1.54, 1.807) is 29.4 Å². The lowest BCUT2D eigenvalue weighted by atomic mass is 10.1. The van der Waals surface area contributed by atoms with Crippen LogP contribution in [0, 0.1) is 0 Å². The number of pyridine rings is 2. The lowest BCUT2D eigenvalue weighted by molar-refractivity contribution is 0.714. The van der Waals surface area contributed by atoms with Gasteiger partial charge in [-0.25, -0.2) is 4.98 Å². The molecule has 21 heavy (non-hydrogen) atoms. The van der Waals surface area contributed by atoms with E-state index >= 15 is 0 Å². The van der Waals surface area contributed by atoms with Crippen LogP contribution in [0.4, 0.5) is 0 Å². The van der Waals surface area contributed by atoms with Crippen molar-refractivity contribution < 1.29 is 0 Å². The molecule has 106 valence electrons. The van der Waals surface area contributed by atoms with Crippen LogP contribution in [0.25, 0.3) is 10.9 Å². The van der Waals surface area contributed by atoms with Crippen LogP contribution in [0.15, 0.2) is 47.8 Å². The highest BCUT2D eigenvalue weighted by Crippen LogP contribution is 2.12. The Morgan fingerprint density at radius 1 is 1.24 bits per heavy atom. The molecule has 3 aromatic rings. The number of nitrogens with zero attached hydrogens (tertiary/aromatic N) is 4. The van der Waals surface area contributed by atoms with Crippen molar-refractivity contribution >= 4 is 10.9 Å². The molecule has 0 radical (unpaired) electrons. The number of hydrogen-bond donors (Lipinski definition) is 0. The minimum Gasteiger partial charge on any atom is -0.293 e. The highest BCUT2D eigenvalue weighted by atomic mass is 16.1. The van der Waals surface area contributed by atoms with Gasteiger partial charge in [-0.05, 0) is 24.1 Å². The summed E-state index contributed by atoms with van der Waals surface area (Å²) in [5.41, 5.74) is 2.43. The van der Waals surface area contributed by atoms with Gasteiger partial charge in [0.2, 0.25) is 0 Å². The van der Waals surface area contributed by atoms with Crippen LogP contribution in [0.1, 0.15) is 31.2 Å². The Bertz CT molecular complexity index is 839. The van der Waals surface area contributed by atoms with Gasteiger partial charge >= 0.3 is 0 Å². The lowest BCUT2D eigenvalue weighted by Crippen LogP contribution is -2.21. The first-order valence-electron chi connectivity index (χ1n) is 6.90. The fourth-order valence-electron chi connectivity index (χ4n) is 2.20. The van der Waals surface area contributed by atoms with E-state index in [1.165, 1.54) is 0 Å². The summed E-state index contributed by atoms with van der Waals surface area (Å²) in [5, 5.41) is 0.576. The molecule has 3 rings (SSSR count). The molecule has 5 heteroatoms. The second kappa shape index (κ2) is 5.44. The Morgan fingerprint density at radius 2 is 2.10 bits per heavy atom. The average molecular weight is 280 g/mol. The quantitative estimate of drug-likeness (QED) is 0.739. The third-order valence-corrected chi connectivity index (χ3v) is 3.38. The molecule has 3 heterocycles. The van der Waals surface area contributed by atoms with Crippen molar-refractivity contribution in [2.24, 2.45) is 0 Å². The summed E-state index contributed by atoms with van der Waals surface area (Å²) >= 11 is 0. The van der Waals surface area contributed by atoms with Crippen molar-refractivity contribution in [3.63, 3.8) is 0 Å². The molecule has 0 aliphatic heterocycles. The van der Waals surface area contributed by atoms with Crippen molar-refractivity contribution in [1.82, 2.24) is 19.5 Å². The van der Waals surface area contributed by atoms with E-state index in [9.17, 15) is 4.79 Å². The molecule has 0 saturated heterocycles. The van der Waals surface area contributed by atoms with Gasteiger partial charge in [0, 0.05) is 11.9 Å². The summed E-state index contributed by atoms with van der Waals surface area (Å²) in [6, 6.07) is 7.59. The summed E-state index contributed by atoms with van der Waals surface area (Å²) in [6.45, 7) is 4.62. The van der Waals surface area contributed by atoms with Gasteiger partial charge in [0.05, 0.1) is 35.7 Å². The molecule has 0 amide bonds. The number of hydrogen-bond acceptors (Lipinski definition) is 4. The average Bonchev–Trinajstić information content (AvgIpc) is 2.51. The molecular formula is C16H16N4O. The second-order valence-electron chi connectivity index (χ2n) is 5.28. The maximum absolute atomic E-state index is 12.4. The van der Waals surface area contributed by atoms with Crippen molar-refractivity contribution in [3.05, 3.63) is 64.7 Å². The first-order valence-corrected chi connectivity index (χ1v) is 6.90. The third kappa shape index (κ3) is 2.67. The van der Waals surface area contributed by atoms with Crippen molar-refractivity contribution in [1.29, 1.82) is 0 Å². The van der Waals surface area contributed by atoms with Crippen molar-refractivity contribution in [2.45, 2.75) is 26.3 Å². The smallest absolute Gasteiger partial charge is 0.261 e. The van der Waals surface area contributed by atoms with Gasteiger partial charge in [-0.3, -0.25) is 19.3 Å². The zero-order valence-corrected chi connectivity index (χ0v) is 12.0. The molecule has 0 aliphatic rings. The van der Waals surface area contributed by atoms with E-state index < -0.39 is 0 Å². The van der Waals surface area contributed by atoms with E-state index in [1.807, 2.05) is 18.2 Å². The molecule has 0 fully saturated rings. The van der Waals surface area contributed by atoms with Crippen LogP contribution in [0.2, 0.25) is 0 Å². The van der Waals surface area contributed by atoms with E-state index in [2.05, 4.69) is 28.8 Å². The van der Waals surface area contributed by atoms with Gasteiger partial charge in [0.25, 0.3) is 5.56 Å².